The maximum absolute atomic E-state index is 10.4. The van der Waals surface area contributed by atoms with Crippen molar-refractivity contribution in [2.75, 3.05) is 0 Å². The van der Waals surface area contributed by atoms with Crippen LogP contribution in [0, 0.1) is 0 Å². The molecule has 0 saturated carbocycles. The molecule has 0 bridgehead atoms. The van der Waals surface area contributed by atoms with Crippen LogP contribution in [0.5, 0.6) is 5.75 Å². The predicted molar refractivity (Wildman–Crippen MR) is 82.8 cm³/mol. The molecule has 2 aromatic rings. The molecule has 102 valence electrons. The van der Waals surface area contributed by atoms with Gasteiger partial charge in [0.2, 0.25) is 0 Å². The summed E-state index contributed by atoms with van der Waals surface area (Å²) < 4.78 is 0. The van der Waals surface area contributed by atoms with Gasteiger partial charge in [0.15, 0.2) is 0 Å². The topological polar surface area (TPSA) is 20.2 Å². The van der Waals surface area contributed by atoms with Crippen molar-refractivity contribution < 1.29 is 5.11 Å². The predicted octanol–water partition coefficient (Wildman–Crippen LogP) is 5.23. The van der Waals surface area contributed by atoms with Gasteiger partial charge in [-0.1, -0.05) is 57.0 Å². The van der Waals surface area contributed by atoms with E-state index in [9.17, 15) is 5.11 Å². The van der Waals surface area contributed by atoms with E-state index >= 15 is 0 Å². The first-order valence-corrected chi connectivity index (χ1v) is 7.50. The van der Waals surface area contributed by atoms with Crippen molar-refractivity contribution >= 4 is 10.8 Å². The monoisotopic (exact) mass is 256 g/mol. The van der Waals surface area contributed by atoms with Crippen molar-refractivity contribution in [1.29, 1.82) is 0 Å². The summed E-state index contributed by atoms with van der Waals surface area (Å²) in [5.74, 6) is 0.490. The fourth-order valence-electron chi connectivity index (χ4n) is 2.63. The van der Waals surface area contributed by atoms with Crippen LogP contribution in [0.4, 0.5) is 0 Å². The summed E-state index contributed by atoms with van der Waals surface area (Å²) in [6, 6.07) is 10.5. The first-order chi connectivity index (χ1) is 9.27. The Balaban J connectivity index is 2.48. The van der Waals surface area contributed by atoms with E-state index < -0.39 is 0 Å². The van der Waals surface area contributed by atoms with Gasteiger partial charge in [0.05, 0.1) is 0 Å². The van der Waals surface area contributed by atoms with Gasteiger partial charge < -0.3 is 5.11 Å². The second kappa shape index (κ2) is 6.60. The lowest BCUT2D eigenvalue weighted by atomic mass is 9.94. The molecule has 0 radical (unpaired) electrons. The molecule has 0 saturated heterocycles. The molecule has 0 atom stereocenters. The zero-order valence-electron chi connectivity index (χ0n) is 12.1. The van der Waals surface area contributed by atoms with Gasteiger partial charge in [-0.15, -0.1) is 0 Å². The third-order valence-corrected chi connectivity index (χ3v) is 3.78. The molecule has 2 aromatic carbocycles. The summed E-state index contributed by atoms with van der Waals surface area (Å²) >= 11 is 0. The molecule has 19 heavy (non-hydrogen) atoms. The first kappa shape index (κ1) is 13.9. The smallest absolute Gasteiger partial charge is 0.126 e. The molecule has 0 amide bonds. The number of fused-ring (bicyclic) bond motifs is 1. The summed E-state index contributed by atoms with van der Waals surface area (Å²) in [6.07, 6.45) is 6.81. The number of aromatic hydroxyl groups is 1. The average Bonchev–Trinajstić information content (AvgIpc) is 2.45. The highest BCUT2D eigenvalue weighted by molar-refractivity contribution is 5.92. The molecule has 0 spiro atoms. The molecule has 0 aromatic heterocycles. The van der Waals surface area contributed by atoms with Crippen LogP contribution < -0.4 is 0 Å². The third-order valence-electron chi connectivity index (χ3n) is 3.78. The molecule has 0 aliphatic heterocycles. The summed E-state index contributed by atoms with van der Waals surface area (Å²) in [4.78, 5) is 0. The lowest BCUT2D eigenvalue weighted by Crippen LogP contribution is -1.94. The highest BCUT2D eigenvalue weighted by Gasteiger charge is 2.10. The zero-order chi connectivity index (χ0) is 13.7. The number of phenols is 1. The van der Waals surface area contributed by atoms with Crippen LogP contribution in [0.3, 0.4) is 0 Å². The van der Waals surface area contributed by atoms with Crippen LogP contribution in [0.2, 0.25) is 0 Å². The zero-order valence-corrected chi connectivity index (χ0v) is 12.1. The highest BCUT2D eigenvalue weighted by Crippen LogP contribution is 2.33. The van der Waals surface area contributed by atoms with Crippen molar-refractivity contribution in [3.63, 3.8) is 0 Å². The number of rotatable bonds is 6. The van der Waals surface area contributed by atoms with Gasteiger partial charge in [0.1, 0.15) is 5.75 Å². The third kappa shape index (κ3) is 3.09. The normalized spacial score (nSPS) is 11.1. The second-order valence-corrected chi connectivity index (χ2v) is 5.30. The summed E-state index contributed by atoms with van der Waals surface area (Å²) in [5.41, 5.74) is 2.51. The van der Waals surface area contributed by atoms with Crippen LogP contribution >= 0.6 is 0 Å². The molecule has 0 aliphatic carbocycles. The number of unbranched alkanes of at least 4 members (excludes halogenated alkanes) is 2. The Labute approximate surface area is 116 Å². The molecular weight excluding hydrogens is 232 g/mol. The van der Waals surface area contributed by atoms with Gasteiger partial charge in [-0.3, -0.25) is 0 Å². The Morgan fingerprint density at radius 3 is 2.05 bits per heavy atom. The molecule has 0 fully saturated rings. The van der Waals surface area contributed by atoms with E-state index in [2.05, 4.69) is 32.0 Å². The van der Waals surface area contributed by atoms with Crippen molar-refractivity contribution in [3.8, 4) is 5.75 Å². The molecule has 2 rings (SSSR count). The van der Waals surface area contributed by atoms with E-state index in [0.29, 0.717) is 5.75 Å². The summed E-state index contributed by atoms with van der Waals surface area (Å²) in [5, 5.41) is 12.7. The van der Waals surface area contributed by atoms with Gasteiger partial charge in [-0.2, -0.15) is 0 Å². The van der Waals surface area contributed by atoms with E-state index in [1.54, 1.807) is 0 Å². The van der Waals surface area contributed by atoms with Gasteiger partial charge in [-0.05, 0) is 42.2 Å². The van der Waals surface area contributed by atoms with E-state index in [1.807, 2.05) is 12.1 Å². The Bertz CT molecular complexity index is 543. The van der Waals surface area contributed by atoms with E-state index in [1.165, 1.54) is 23.8 Å². The van der Waals surface area contributed by atoms with Crippen LogP contribution in [-0.2, 0) is 12.8 Å². The van der Waals surface area contributed by atoms with E-state index in [-0.39, 0.29) is 0 Å². The Kier molecular flexibility index (Phi) is 4.84. The van der Waals surface area contributed by atoms with Crippen LogP contribution in [0.25, 0.3) is 10.8 Å². The summed E-state index contributed by atoms with van der Waals surface area (Å²) in [6.45, 7) is 4.41. The molecular formula is C18H24O. The second-order valence-electron chi connectivity index (χ2n) is 5.30. The molecule has 1 nitrogen and oxygen atoms in total. The minimum Gasteiger partial charge on any atom is -0.507 e. The number of hydrogen-bond acceptors (Lipinski definition) is 1. The molecule has 1 N–H and O–H groups in total. The van der Waals surface area contributed by atoms with Crippen molar-refractivity contribution in [1.82, 2.24) is 0 Å². The number of hydrogen-bond donors (Lipinski definition) is 1. The van der Waals surface area contributed by atoms with Crippen molar-refractivity contribution in [2.24, 2.45) is 0 Å². The van der Waals surface area contributed by atoms with Gasteiger partial charge in [0.25, 0.3) is 0 Å². The first-order valence-electron chi connectivity index (χ1n) is 7.50. The lowest BCUT2D eigenvalue weighted by Gasteiger charge is -2.13. The van der Waals surface area contributed by atoms with Crippen LogP contribution in [0.1, 0.15) is 50.7 Å². The summed E-state index contributed by atoms with van der Waals surface area (Å²) in [7, 11) is 0. The molecule has 0 aliphatic rings. The minimum absolute atomic E-state index is 0.490. The van der Waals surface area contributed by atoms with E-state index in [0.717, 1.165) is 36.6 Å². The highest BCUT2D eigenvalue weighted by atomic mass is 16.3. The quantitative estimate of drug-likeness (QED) is 0.750. The SMILES string of the molecule is CCCCc1cc(CCCC)c2ccccc2c1O. The molecule has 0 unspecified atom stereocenters. The van der Waals surface area contributed by atoms with Crippen molar-refractivity contribution in [3.05, 3.63) is 41.5 Å². The lowest BCUT2D eigenvalue weighted by molar-refractivity contribution is 0.473. The fraction of sp³-hybridized carbons (Fsp3) is 0.444. The fourth-order valence-corrected chi connectivity index (χ4v) is 2.63. The number of benzene rings is 2. The van der Waals surface area contributed by atoms with Crippen molar-refractivity contribution in [2.45, 2.75) is 52.4 Å². The molecule has 1 heteroatoms. The number of aryl methyl sites for hydroxylation is 2. The molecule has 0 heterocycles. The van der Waals surface area contributed by atoms with Gasteiger partial charge in [0, 0.05) is 5.39 Å². The number of phenolic OH excluding ortho intramolecular Hbond substituents is 1. The van der Waals surface area contributed by atoms with E-state index in [4.69, 9.17) is 0 Å². The maximum atomic E-state index is 10.4. The maximum Gasteiger partial charge on any atom is 0.126 e. The van der Waals surface area contributed by atoms with Crippen LogP contribution in [0.15, 0.2) is 30.3 Å². The Morgan fingerprint density at radius 1 is 0.842 bits per heavy atom. The van der Waals surface area contributed by atoms with Crippen LogP contribution in [-0.4, -0.2) is 5.11 Å². The standard InChI is InChI=1S/C18H24O/c1-3-5-9-14-13-15(10-6-4-2)18(19)17-12-8-7-11-16(14)17/h7-8,11-13,19H,3-6,9-10H2,1-2H3. The average molecular weight is 256 g/mol. The van der Waals surface area contributed by atoms with Gasteiger partial charge >= 0.3 is 0 Å². The Hall–Kier alpha value is -1.50. The Morgan fingerprint density at radius 2 is 1.42 bits per heavy atom. The minimum atomic E-state index is 0.490. The van der Waals surface area contributed by atoms with Gasteiger partial charge in [-0.25, -0.2) is 0 Å². The largest absolute Gasteiger partial charge is 0.507 e.